The Balaban J connectivity index is 1.89. The molecule has 0 amide bonds. The topological polar surface area (TPSA) is 85.7 Å². The molecule has 6 atom stereocenters. The highest BCUT2D eigenvalue weighted by Gasteiger charge is 2.70. The number of allylic oxidation sites excluding steroid dienone is 1. The van der Waals surface area contributed by atoms with Crippen LogP contribution in [0.1, 0.15) is 39.5 Å². The van der Waals surface area contributed by atoms with E-state index in [0.717, 1.165) is 6.42 Å². The van der Waals surface area contributed by atoms with Gasteiger partial charge in [-0.05, 0) is 43.2 Å². The van der Waals surface area contributed by atoms with Crippen LogP contribution in [-0.4, -0.2) is 30.4 Å². The minimum absolute atomic E-state index is 0.0774. The van der Waals surface area contributed by atoms with Gasteiger partial charge in [0.1, 0.15) is 0 Å². The van der Waals surface area contributed by atoms with Crippen molar-refractivity contribution in [3.8, 4) is 0 Å². The maximum atomic E-state index is 13.7. The van der Waals surface area contributed by atoms with Crippen LogP contribution >= 0.6 is 0 Å². The fraction of sp³-hybridized carbons (Fsp3) is 0.875. The molecule has 0 radical (unpaired) electrons. The van der Waals surface area contributed by atoms with Gasteiger partial charge >= 0.3 is 6.18 Å². The van der Waals surface area contributed by atoms with Gasteiger partial charge in [-0.3, -0.25) is 0 Å². The van der Waals surface area contributed by atoms with E-state index in [9.17, 15) is 13.2 Å². The maximum Gasteiger partial charge on any atom is 0.448 e. The number of azide groups is 1. The van der Waals surface area contributed by atoms with Gasteiger partial charge in [0.15, 0.2) is 5.60 Å². The standard InChI is InChI=1S/C16H20F3N3O4/c1-8-3-4-11-9(7-21-22-20)12(16(17,18)19)23-13-15(11)10(8)5-6-14(2,24-13)25-26-15/h8,10-11,13H,3-7H2,1-2H3/t8-,10?,11+,13-,14?,15-/m1/s1. The Hall–Kier alpha value is -1.48. The number of halogens is 3. The minimum Gasteiger partial charge on any atom is -0.456 e. The Morgan fingerprint density at radius 2 is 2.04 bits per heavy atom. The second kappa shape index (κ2) is 5.76. The lowest BCUT2D eigenvalue weighted by atomic mass is 9.59. The summed E-state index contributed by atoms with van der Waals surface area (Å²) in [5, 5.41) is 3.38. The molecule has 26 heavy (non-hydrogen) atoms. The summed E-state index contributed by atoms with van der Waals surface area (Å²) in [5.41, 5.74) is 7.38. The molecule has 144 valence electrons. The van der Waals surface area contributed by atoms with Gasteiger partial charge in [0.2, 0.25) is 17.8 Å². The summed E-state index contributed by atoms with van der Waals surface area (Å²) >= 11 is 0. The predicted molar refractivity (Wildman–Crippen MR) is 81.0 cm³/mol. The molecule has 0 N–H and O–H groups in total. The lowest BCUT2D eigenvalue weighted by Gasteiger charge is -2.57. The first-order valence-corrected chi connectivity index (χ1v) is 8.73. The summed E-state index contributed by atoms with van der Waals surface area (Å²) in [6.45, 7) is 3.28. The zero-order valence-corrected chi connectivity index (χ0v) is 14.5. The molecule has 4 heterocycles. The van der Waals surface area contributed by atoms with E-state index in [1.807, 2.05) is 0 Å². The quantitative estimate of drug-likeness (QED) is 0.311. The molecule has 1 aliphatic carbocycles. The molecule has 4 aliphatic heterocycles. The van der Waals surface area contributed by atoms with E-state index in [1.165, 1.54) is 0 Å². The minimum atomic E-state index is -4.71. The molecule has 2 bridgehead atoms. The fourth-order valence-corrected chi connectivity index (χ4v) is 5.03. The molecular weight excluding hydrogens is 355 g/mol. The molecule has 7 nitrogen and oxygen atoms in total. The zero-order valence-electron chi connectivity index (χ0n) is 14.5. The first-order valence-electron chi connectivity index (χ1n) is 8.73. The molecule has 1 saturated carbocycles. The molecule has 4 fully saturated rings. The summed E-state index contributed by atoms with van der Waals surface area (Å²) in [6, 6.07) is 0. The van der Waals surface area contributed by atoms with Crippen molar-refractivity contribution in [3.05, 3.63) is 21.8 Å². The third-order valence-electron chi connectivity index (χ3n) is 6.22. The largest absolute Gasteiger partial charge is 0.456 e. The van der Waals surface area contributed by atoms with E-state index in [0.29, 0.717) is 19.3 Å². The van der Waals surface area contributed by atoms with Gasteiger partial charge in [0, 0.05) is 23.2 Å². The molecule has 2 unspecified atom stereocenters. The Morgan fingerprint density at radius 3 is 2.73 bits per heavy atom. The molecule has 3 saturated heterocycles. The average molecular weight is 375 g/mol. The van der Waals surface area contributed by atoms with Crippen molar-refractivity contribution in [2.24, 2.45) is 22.9 Å². The number of hydrogen-bond acceptors (Lipinski definition) is 5. The van der Waals surface area contributed by atoms with Gasteiger partial charge in [-0.15, -0.1) is 0 Å². The fourth-order valence-electron chi connectivity index (χ4n) is 5.03. The Bertz CT molecular complexity index is 693. The van der Waals surface area contributed by atoms with Crippen molar-refractivity contribution in [2.75, 3.05) is 6.54 Å². The highest BCUT2D eigenvalue weighted by molar-refractivity contribution is 5.29. The third kappa shape index (κ3) is 2.43. The highest BCUT2D eigenvalue weighted by Crippen LogP contribution is 2.61. The van der Waals surface area contributed by atoms with Crippen molar-refractivity contribution in [1.29, 1.82) is 0 Å². The monoisotopic (exact) mass is 375 g/mol. The van der Waals surface area contributed by atoms with Crippen LogP contribution in [0, 0.1) is 17.8 Å². The summed E-state index contributed by atoms with van der Waals surface area (Å²) in [7, 11) is 0. The van der Waals surface area contributed by atoms with E-state index in [2.05, 4.69) is 16.9 Å². The van der Waals surface area contributed by atoms with E-state index in [1.54, 1.807) is 6.92 Å². The van der Waals surface area contributed by atoms with Crippen molar-refractivity contribution in [3.63, 3.8) is 0 Å². The van der Waals surface area contributed by atoms with Gasteiger partial charge in [-0.25, -0.2) is 9.78 Å². The van der Waals surface area contributed by atoms with Crippen LogP contribution in [0.15, 0.2) is 16.4 Å². The molecule has 0 aromatic rings. The van der Waals surface area contributed by atoms with Crippen molar-refractivity contribution in [1.82, 2.24) is 0 Å². The number of fused-ring (bicyclic) bond motifs is 2. The lowest BCUT2D eigenvalue weighted by Crippen LogP contribution is -2.67. The van der Waals surface area contributed by atoms with Crippen LogP contribution in [0.2, 0.25) is 0 Å². The second-order valence-corrected chi connectivity index (χ2v) is 7.72. The van der Waals surface area contributed by atoms with Crippen LogP contribution in [-0.2, 0) is 19.2 Å². The van der Waals surface area contributed by atoms with Crippen LogP contribution in [0.4, 0.5) is 13.2 Å². The zero-order chi connectivity index (χ0) is 18.7. The van der Waals surface area contributed by atoms with Crippen molar-refractivity contribution >= 4 is 0 Å². The average Bonchev–Trinajstić information content (AvgIpc) is 2.80. The molecule has 10 heteroatoms. The smallest absolute Gasteiger partial charge is 0.448 e. The summed E-state index contributed by atoms with van der Waals surface area (Å²) in [6.07, 6.45) is -3.52. The number of ether oxygens (including phenoxy) is 2. The van der Waals surface area contributed by atoms with E-state index in [4.69, 9.17) is 24.8 Å². The number of rotatable bonds is 2. The Labute approximate surface area is 148 Å². The van der Waals surface area contributed by atoms with Crippen molar-refractivity contribution in [2.45, 2.75) is 63.4 Å². The second-order valence-electron chi connectivity index (χ2n) is 7.72. The molecular formula is C16H20F3N3O4. The number of alkyl halides is 3. The van der Waals surface area contributed by atoms with Crippen LogP contribution < -0.4 is 0 Å². The van der Waals surface area contributed by atoms with Gasteiger partial charge in [0.05, 0.1) is 6.54 Å². The predicted octanol–water partition coefficient (Wildman–Crippen LogP) is 4.36. The molecule has 0 aromatic heterocycles. The normalized spacial score (nSPS) is 44.7. The number of hydrogen-bond donors (Lipinski definition) is 0. The Morgan fingerprint density at radius 1 is 1.27 bits per heavy atom. The first kappa shape index (κ1) is 17.9. The molecule has 5 rings (SSSR count). The lowest BCUT2D eigenvalue weighted by molar-refractivity contribution is -0.557. The summed E-state index contributed by atoms with van der Waals surface area (Å²) < 4.78 is 52.2. The van der Waals surface area contributed by atoms with E-state index < -0.39 is 42.1 Å². The van der Waals surface area contributed by atoms with Crippen LogP contribution in [0.25, 0.3) is 10.4 Å². The molecule has 1 spiro atoms. The number of nitrogens with zero attached hydrogens (tertiary/aromatic N) is 3. The summed E-state index contributed by atoms with van der Waals surface area (Å²) in [4.78, 5) is 13.9. The van der Waals surface area contributed by atoms with Crippen molar-refractivity contribution < 1.29 is 32.4 Å². The maximum absolute atomic E-state index is 13.7. The first-order chi connectivity index (χ1) is 12.2. The third-order valence-corrected chi connectivity index (χ3v) is 6.22. The van der Waals surface area contributed by atoms with E-state index in [-0.39, 0.29) is 17.4 Å². The van der Waals surface area contributed by atoms with Gasteiger partial charge in [-0.1, -0.05) is 12.0 Å². The molecule has 5 aliphatic rings. The van der Waals surface area contributed by atoms with Crippen LogP contribution in [0.5, 0.6) is 0 Å². The Kier molecular flexibility index (Phi) is 3.97. The highest BCUT2D eigenvalue weighted by atomic mass is 19.4. The van der Waals surface area contributed by atoms with Gasteiger partial charge < -0.3 is 9.47 Å². The van der Waals surface area contributed by atoms with Gasteiger partial charge in [0.25, 0.3) is 0 Å². The van der Waals surface area contributed by atoms with E-state index >= 15 is 0 Å². The SMILES string of the molecule is C[C@@H]1CC[C@H]2C(CN=[N+]=[N-])=C(C(F)(F)F)O[C@@H]3OC4(C)CCC1[C@]32OO4. The summed E-state index contributed by atoms with van der Waals surface area (Å²) in [5.74, 6) is -2.77. The molecule has 0 aromatic carbocycles. The van der Waals surface area contributed by atoms with Crippen LogP contribution in [0.3, 0.4) is 0 Å². The van der Waals surface area contributed by atoms with Gasteiger partial charge in [-0.2, -0.15) is 13.2 Å².